The molecule has 0 amide bonds. The first-order valence-electron chi connectivity index (χ1n) is 13.4. The number of phenols is 1. The minimum absolute atomic E-state index is 0.0179. The summed E-state index contributed by atoms with van der Waals surface area (Å²) in [5, 5.41) is 22.6. The number of aromatic nitrogens is 2. The summed E-state index contributed by atoms with van der Waals surface area (Å²) in [7, 11) is 1.63. The molecule has 7 nitrogen and oxygen atoms in total. The maximum absolute atomic E-state index is 11.1. The number of methoxy groups -OCH3 is 1. The van der Waals surface area contributed by atoms with Crippen molar-refractivity contribution in [2.75, 3.05) is 38.3 Å². The van der Waals surface area contributed by atoms with Crippen LogP contribution in [0.15, 0.2) is 30.5 Å². The van der Waals surface area contributed by atoms with Crippen LogP contribution in [-0.2, 0) is 10.2 Å². The highest BCUT2D eigenvalue weighted by atomic mass is 32.1. The van der Waals surface area contributed by atoms with Crippen LogP contribution in [0.1, 0.15) is 44.1 Å². The third kappa shape index (κ3) is 3.96. The summed E-state index contributed by atoms with van der Waals surface area (Å²) >= 11 is 1.47. The summed E-state index contributed by atoms with van der Waals surface area (Å²) in [6.45, 7) is 2.85. The van der Waals surface area contributed by atoms with Crippen molar-refractivity contribution in [3.05, 3.63) is 36.0 Å². The molecular weight excluding hydrogens is 486 g/mol. The zero-order valence-electron chi connectivity index (χ0n) is 21.2. The van der Waals surface area contributed by atoms with Crippen molar-refractivity contribution >= 4 is 16.5 Å². The molecule has 0 radical (unpaired) electrons. The van der Waals surface area contributed by atoms with Crippen molar-refractivity contribution in [2.45, 2.75) is 43.9 Å². The predicted octanol–water partition coefficient (Wildman–Crippen LogP) is 5.60. The Morgan fingerprint density at radius 3 is 2.38 bits per heavy atom. The van der Waals surface area contributed by atoms with Crippen LogP contribution in [0.3, 0.4) is 0 Å². The molecule has 1 aromatic carbocycles. The van der Waals surface area contributed by atoms with Gasteiger partial charge in [-0.1, -0.05) is 17.4 Å². The van der Waals surface area contributed by atoms with Crippen molar-refractivity contribution < 1.29 is 19.7 Å². The minimum atomic E-state index is 0.0179. The van der Waals surface area contributed by atoms with Crippen LogP contribution in [0.4, 0.5) is 5.13 Å². The van der Waals surface area contributed by atoms with Crippen LogP contribution in [0.2, 0.25) is 0 Å². The van der Waals surface area contributed by atoms with Gasteiger partial charge in [0.25, 0.3) is 0 Å². The average molecular weight is 520 g/mol. The first-order chi connectivity index (χ1) is 18.0. The molecule has 1 aliphatic heterocycles. The van der Waals surface area contributed by atoms with E-state index in [-0.39, 0.29) is 11.3 Å². The number of morpholine rings is 1. The Kier molecular flexibility index (Phi) is 5.59. The molecule has 3 aromatic rings. The van der Waals surface area contributed by atoms with Crippen LogP contribution >= 0.6 is 11.3 Å². The first-order valence-corrected chi connectivity index (χ1v) is 14.2. The zero-order valence-corrected chi connectivity index (χ0v) is 22.0. The third-order valence-electron chi connectivity index (χ3n) is 9.10. The Morgan fingerprint density at radius 1 is 1.00 bits per heavy atom. The molecule has 194 valence electrons. The lowest BCUT2D eigenvalue weighted by Gasteiger charge is -2.57. The van der Waals surface area contributed by atoms with E-state index in [0.717, 1.165) is 58.2 Å². The predicted molar refractivity (Wildman–Crippen MR) is 144 cm³/mol. The molecule has 4 aliphatic carbocycles. The molecule has 4 saturated carbocycles. The molecule has 5 aliphatic rings. The molecule has 5 fully saturated rings. The van der Waals surface area contributed by atoms with Gasteiger partial charge in [0, 0.05) is 36.0 Å². The number of phenolic OH excluding ortho intramolecular Hbond substituents is 1. The highest BCUT2D eigenvalue weighted by molar-refractivity contribution is 7.19. The molecule has 0 spiro atoms. The van der Waals surface area contributed by atoms with Gasteiger partial charge in [0.1, 0.15) is 10.6 Å². The number of ether oxygens (including phenoxy) is 2. The number of aromatic hydroxyl groups is 2. The van der Waals surface area contributed by atoms with E-state index in [0.29, 0.717) is 29.7 Å². The van der Waals surface area contributed by atoms with E-state index in [1.165, 1.54) is 49.9 Å². The lowest BCUT2D eigenvalue weighted by molar-refractivity contribution is -0.00611. The maximum Gasteiger partial charge on any atom is 0.232 e. The Balaban J connectivity index is 1.27. The van der Waals surface area contributed by atoms with Gasteiger partial charge in [0.05, 0.1) is 20.3 Å². The van der Waals surface area contributed by atoms with Gasteiger partial charge in [-0.05, 0) is 85.5 Å². The molecule has 8 heteroatoms. The fraction of sp³-hybridized carbons (Fsp3) is 0.517. The van der Waals surface area contributed by atoms with Crippen molar-refractivity contribution in [3.63, 3.8) is 0 Å². The Bertz CT molecular complexity index is 1300. The summed E-state index contributed by atoms with van der Waals surface area (Å²) in [5.41, 5.74) is 3.80. The topological polar surface area (TPSA) is 87.9 Å². The van der Waals surface area contributed by atoms with Gasteiger partial charge >= 0.3 is 0 Å². The monoisotopic (exact) mass is 519 g/mol. The fourth-order valence-corrected chi connectivity index (χ4v) is 8.89. The van der Waals surface area contributed by atoms with E-state index in [9.17, 15) is 10.2 Å². The summed E-state index contributed by atoms with van der Waals surface area (Å²) in [6.07, 6.45) is 9.39. The first kappa shape index (κ1) is 23.3. The summed E-state index contributed by atoms with van der Waals surface area (Å²) in [5.74, 6) is 3.34. The lowest BCUT2D eigenvalue weighted by Crippen LogP contribution is -2.48. The highest BCUT2D eigenvalue weighted by Gasteiger charge is 2.52. The van der Waals surface area contributed by atoms with Crippen molar-refractivity contribution in [1.29, 1.82) is 0 Å². The van der Waals surface area contributed by atoms with Crippen molar-refractivity contribution in [2.24, 2.45) is 17.8 Å². The summed E-state index contributed by atoms with van der Waals surface area (Å²) in [4.78, 5) is 11.9. The number of benzene rings is 1. The molecule has 0 unspecified atom stereocenters. The van der Waals surface area contributed by atoms with Crippen LogP contribution < -0.4 is 9.64 Å². The van der Waals surface area contributed by atoms with Crippen molar-refractivity contribution in [1.82, 2.24) is 9.97 Å². The van der Waals surface area contributed by atoms with Gasteiger partial charge in [0.15, 0.2) is 5.13 Å². The molecular formula is C29H33N3O4S. The van der Waals surface area contributed by atoms with E-state index in [2.05, 4.69) is 20.9 Å². The van der Waals surface area contributed by atoms with Crippen LogP contribution in [0.5, 0.6) is 17.5 Å². The van der Waals surface area contributed by atoms with E-state index in [4.69, 9.17) is 9.47 Å². The van der Waals surface area contributed by atoms with Crippen LogP contribution in [0, 0.1) is 17.8 Å². The number of anilines is 1. The Labute approximate surface area is 221 Å². The molecule has 8 rings (SSSR count). The largest absolute Gasteiger partial charge is 0.508 e. The summed E-state index contributed by atoms with van der Waals surface area (Å²) in [6, 6.07) is 8.00. The molecule has 4 bridgehead atoms. The maximum atomic E-state index is 11.1. The smallest absolute Gasteiger partial charge is 0.232 e. The molecule has 2 N–H and O–H groups in total. The van der Waals surface area contributed by atoms with Gasteiger partial charge in [-0.3, -0.25) is 0 Å². The number of nitrogens with zero attached hydrogens (tertiary/aromatic N) is 3. The van der Waals surface area contributed by atoms with Gasteiger partial charge in [-0.15, -0.1) is 0 Å². The van der Waals surface area contributed by atoms with E-state index < -0.39 is 0 Å². The number of rotatable bonds is 5. The Hall–Kier alpha value is -2.84. The molecule has 0 atom stereocenters. The normalized spacial score (nSPS) is 28.6. The second-order valence-electron chi connectivity index (χ2n) is 11.5. The number of pyridine rings is 1. The number of thiazole rings is 1. The van der Waals surface area contributed by atoms with E-state index in [1.54, 1.807) is 13.3 Å². The summed E-state index contributed by atoms with van der Waals surface area (Å²) < 4.78 is 11.1. The minimum Gasteiger partial charge on any atom is -0.508 e. The quantitative estimate of drug-likeness (QED) is 0.454. The van der Waals surface area contributed by atoms with Gasteiger partial charge in [-0.2, -0.15) is 4.98 Å². The SMILES string of the molecule is COc1ncc(-c2sc(N3CCOCC3)nc2O)cc1-c1ccc(O)c(C23CC4CC(CC(C4)C2)C3)c1. The zero-order chi connectivity index (χ0) is 25.1. The molecule has 1 saturated heterocycles. The van der Waals surface area contributed by atoms with E-state index in [1.807, 2.05) is 18.2 Å². The van der Waals surface area contributed by atoms with Crippen molar-refractivity contribution in [3.8, 4) is 39.1 Å². The Morgan fingerprint density at radius 2 is 1.70 bits per heavy atom. The number of hydrogen-bond acceptors (Lipinski definition) is 8. The van der Waals surface area contributed by atoms with Crippen LogP contribution in [-0.4, -0.2) is 53.6 Å². The van der Waals surface area contributed by atoms with Gasteiger partial charge in [-0.25, -0.2) is 4.98 Å². The average Bonchev–Trinajstić information content (AvgIpc) is 3.30. The second-order valence-corrected chi connectivity index (χ2v) is 12.4. The number of hydrogen-bond donors (Lipinski definition) is 2. The van der Waals surface area contributed by atoms with Gasteiger partial charge < -0.3 is 24.6 Å². The van der Waals surface area contributed by atoms with Gasteiger partial charge in [0.2, 0.25) is 11.8 Å². The molecule has 2 aromatic heterocycles. The lowest BCUT2D eigenvalue weighted by atomic mass is 9.48. The fourth-order valence-electron chi connectivity index (χ4n) is 7.89. The van der Waals surface area contributed by atoms with Crippen LogP contribution in [0.25, 0.3) is 21.6 Å². The van der Waals surface area contributed by atoms with E-state index >= 15 is 0 Å². The molecule has 37 heavy (non-hydrogen) atoms. The second kappa shape index (κ2) is 8.88. The standard InChI is InChI=1S/C29H33N3O4S/c1-35-27-22(11-21(16-30-27)25-26(34)31-28(37-25)32-4-6-36-7-5-32)20-2-3-24(33)23(12-20)29-13-17-8-18(14-29)10-19(9-17)15-29/h2-3,11-12,16-19,33-34H,4-10,13-15H2,1H3. The molecule has 3 heterocycles. The third-order valence-corrected chi connectivity index (χ3v) is 10.3. The highest BCUT2D eigenvalue weighted by Crippen LogP contribution is 2.62.